The SMILES string of the molecule is CCCCC(CC)CC(CC(C)OC)NCCC. The van der Waals surface area contributed by atoms with Crippen LogP contribution in [0.5, 0.6) is 0 Å². The minimum Gasteiger partial charge on any atom is -0.382 e. The highest BCUT2D eigenvalue weighted by atomic mass is 16.5. The van der Waals surface area contributed by atoms with Crippen LogP contribution in [0.3, 0.4) is 0 Å². The third-order valence-corrected chi connectivity index (χ3v) is 3.86. The molecule has 0 fully saturated rings. The average molecular weight is 257 g/mol. The van der Waals surface area contributed by atoms with Gasteiger partial charge in [-0.2, -0.15) is 0 Å². The molecule has 0 aliphatic carbocycles. The maximum atomic E-state index is 5.42. The van der Waals surface area contributed by atoms with Crippen LogP contribution in [-0.4, -0.2) is 25.8 Å². The van der Waals surface area contributed by atoms with Crippen molar-refractivity contribution in [1.29, 1.82) is 0 Å². The number of ether oxygens (including phenoxy) is 1. The second-order valence-corrected chi connectivity index (χ2v) is 5.59. The lowest BCUT2D eigenvalue weighted by Gasteiger charge is -2.26. The van der Waals surface area contributed by atoms with Gasteiger partial charge in [0, 0.05) is 13.2 Å². The molecule has 1 N–H and O–H groups in total. The van der Waals surface area contributed by atoms with Gasteiger partial charge in [0.25, 0.3) is 0 Å². The second-order valence-electron chi connectivity index (χ2n) is 5.59. The van der Waals surface area contributed by atoms with E-state index in [1.54, 1.807) is 0 Å². The first-order valence-corrected chi connectivity index (χ1v) is 7.93. The Labute approximate surface area is 115 Å². The van der Waals surface area contributed by atoms with Crippen LogP contribution in [-0.2, 0) is 4.74 Å². The standard InChI is InChI=1S/C16H35NO/c1-6-9-10-15(8-3)13-16(17-11-7-2)12-14(4)18-5/h14-17H,6-13H2,1-5H3. The number of hydrogen-bond donors (Lipinski definition) is 1. The third kappa shape index (κ3) is 8.93. The lowest BCUT2D eigenvalue weighted by atomic mass is 9.90. The predicted octanol–water partition coefficient (Wildman–Crippen LogP) is 4.39. The van der Waals surface area contributed by atoms with Crippen LogP contribution in [0.2, 0.25) is 0 Å². The maximum absolute atomic E-state index is 5.42. The van der Waals surface area contributed by atoms with Crippen molar-refractivity contribution >= 4 is 0 Å². The minimum absolute atomic E-state index is 0.364. The van der Waals surface area contributed by atoms with Crippen LogP contribution >= 0.6 is 0 Å². The van der Waals surface area contributed by atoms with Crippen LogP contribution in [0.25, 0.3) is 0 Å². The summed E-state index contributed by atoms with van der Waals surface area (Å²) in [5, 5.41) is 3.70. The van der Waals surface area contributed by atoms with Crippen molar-refractivity contribution in [2.45, 2.75) is 84.8 Å². The summed E-state index contributed by atoms with van der Waals surface area (Å²) in [5.41, 5.74) is 0. The minimum atomic E-state index is 0.364. The van der Waals surface area contributed by atoms with Crippen molar-refractivity contribution in [3.8, 4) is 0 Å². The zero-order valence-corrected chi connectivity index (χ0v) is 13.3. The Morgan fingerprint density at radius 3 is 2.28 bits per heavy atom. The van der Waals surface area contributed by atoms with E-state index in [1.807, 2.05) is 7.11 Å². The molecule has 0 spiro atoms. The van der Waals surface area contributed by atoms with Crippen molar-refractivity contribution in [2.24, 2.45) is 5.92 Å². The Morgan fingerprint density at radius 2 is 1.78 bits per heavy atom. The van der Waals surface area contributed by atoms with E-state index in [0.29, 0.717) is 12.1 Å². The monoisotopic (exact) mass is 257 g/mol. The highest BCUT2D eigenvalue weighted by Gasteiger charge is 2.17. The van der Waals surface area contributed by atoms with Crippen LogP contribution in [0.4, 0.5) is 0 Å². The van der Waals surface area contributed by atoms with E-state index in [4.69, 9.17) is 4.74 Å². The van der Waals surface area contributed by atoms with Gasteiger partial charge < -0.3 is 10.1 Å². The fraction of sp³-hybridized carbons (Fsp3) is 1.00. The molecule has 18 heavy (non-hydrogen) atoms. The van der Waals surface area contributed by atoms with E-state index in [1.165, 1.54) is 38.5 Å². The zero-order chi connectivity index (χ0) is 13.8. The van der Waals surface area contributed by atoms with Crippen molar-refractivity contribution in [2.75, 3.05) is 13.7 Å². The Bertz CT molecular complexity index is 172. The summed E-state index contributed by atoms with van der Waals surface area (Å²) in [6, 6.07) is 0.627. The van der Waals surface area contributed by atoms with Crippen LogP contribution < -0.4 is 5.32 Å². The Kier molecular flexibility index (Phi) is 11.9. The number of rotatable bonds is 12. The van der Waals surface area contributed by atoms with Crippen molar-refractivity contribution in [3.63, 3.8) is 0 Å². The molecule has 2 nitrogen and oxygen atoms in total. The van der Waals surface area contributed by atoms with Crippen molar-refractivity contribution < 1.29 is 4.74 Å². The van der Waals surface area contributed by atoms with Gasteiger partial charge in [-0.15, -0.1) is 0 Å². The van der Waals surface area contributed by atoms with Crippen LogP contribution in [0, 0.1) is 5.92 Å². The molecule has 110 valence electrons. The maximum Gasteiger partial charge on any atom is 0.0558 e. The highest BCUT2D eigenvalue weighted by Crippen LogP contribution is 2.21. The summed E-state index contributed by atoms with van der Waals surface area (Å²) < 4.78 is 5.42. The molecule has 0 heterocycles. The fourth-order valence-electron chi connectivity index (χ4n) is 2.49. The first-order valence-electron chi connectivity index (χ1n) is 7.93. The van der Waals surface area contributed by atoms with E-state index in [9.17, 15) is 0 Å². The summed E-state index contributed by atoms with van der Waals surface area (Å²) in [7, 11) is 1.82. The van der Waals surface area contributed by atoms with Gasteiger partial charge in [-0.25, -0.2) is 0 Å². The van der Waals surface area contributed by atoms with Crippen LogP contribution in [0.1, 0.15) is 72.6 Å². The molecule has 0 aromatic heterocycles. The van der Waals surface area contributed by atoms with Gasteiger partial charge >= 0.3 is 0 Å². The van der Waals surface area contributed by atoms with Gasteiger partial charge in [0.15, 0.2) is 0 Å². The summed E-state index contributed by atoms with van der Waals surface area (Å²) >= 11 is 0. The van der Waals surface area contributed by atoms with Gasteiger partial charge in [-0.3, -0.25) is 0 Å². The number of methoxy groups -OCH3 is 1. The van der Waals surface area contributed by atoms with Gasteiger partial charge in [-0.1, -0.05) is 46.5 Å². The predicted molar refractivity (Wildman–Crippen MR) is 81.1 cm³/mol. The van der Waals surface area contributed by atoms with E-state index < -0.39 is 0 Å². The normalized spacial score (nSPS) is 16.5. The Morgan fingerprint density at radius 1 is 1.06 bits per heavy atom. The summed E-state index contributed by atoms with van der Waals surface area (Å²) in [4.78, 5) is 0. The quantitative estimate of drug-likeness (QED) is 0.560. The number of unbranched alkanes of at least 4 members (excludes halogenated alkanes) is 1. The van der Waals surface area contributed by atoms with E-state index in [0.717, 1.165) is 18.9 Å². The Balaban J connectivity index is 4.16. The molecule has 3 unspecified atom stereocenters. The first-order chi connectivity index (χ1) is 8.67. The zero-order valence-electron chi connectivity index (χ0n) is 13.3. The smallest absolute Gasteiger partial charge is 0.0558 e. The molecule has 2 heteroatoms. The Hall–Kier alpha value is -0.0800. The molecular weight excluding hydrogens is 222 g/mol. The summed E-state index contributed by atoms with van der Waals surface area (Å²) in [6.07, 6.45) is 9.41. The molecule has 0 bridgehead atoms. The largest absolute Gasteiger partial charge is 0.382 e. The fourth-order valence-corrected chi connectivity index (χ4v) is 2.49. The summed E-state index contributed by atoms with van der Waals surface area (Å²) in [5.74, 6) is 0.878. The molecule has 0 aromatic carbocycles. The van der Waals surface area contributed by atoms with Crippen LogP contribution in [0.15, 0.2) is 0 Å². The van der Waals surface area contributed by atoms with E-state index >= 15 is 0 Å². The number of nitrogens with one attached hydrogen (secondary N) is 1. The third-order valence-electron chi connectivity index (χ3n) is 3.86. The molecule has 0 aliphatic rings. The molecule has 0 saturated carbocycles. The van der Waals surface area contributed by atoms with Crippen molar-refractivity contribution in [3.05, 3.63) is 0 Å². The summed E-state index contributed by atoms with van der Waals surface area (Å²) in [6.45, 7) is 10.2. The van der Waals surface area contributed by atoms with Gasteiger partial charge in [0.2, 0.25) is 0 Å². The molecule has 0 radical (unpaired) electrons. The molecule has 0 aromatic rings. The second kappa shape index (κ2) is 12.0. The van der Waals surface area contributed by atoms with Gasteiger partial charge in [0.05, 0.1) is 6.10 Å². The van der Waals surface area contributed by atoms with Gasteiger partial charge in [0.1, 0.15) is 0 Å². The molecule has 3 atom stereocenters. The topological polar surface area (TPSA) is 21.3 Å². The average Bonchev–Trinajstić information content (AvgIpc) is 2.40. The molecule has 0 aliphatic heterocycles. The molecule has 0 amide bonds. The van der Waals surface area contributed by atoms with E-state index in [2.05, 4.69) is 33.0 Å². The molecule has 0 saturated heterocycles. The molecular formula is C16H35NO. The molecule has 0 rings (SSSR count). The van der Waals surface area contributed by atoms with Gasteiger partial charge in [-0.05, 0) is 38.6 Å². The van der Waals surface area contributed by atoms with E-state index in [-0.39, 0.29) is 0 Å². The lowest BCUT2D eigenvalue weighted by Crippen LogP contribution is -2.35. The van der Waals surface area contributed by atoms with Crippen molar-refractivity contribution in [1.82, 2.24) is 5.32 Å². The number of hydrogen-bond acceptors (Lipinski definition) is 2. The first kappa shape index (κ1) is 17.9. The lowest BCUT2D eigenvalue weighted by molar-refractivity contribution is 0.0964. The highest BCUT2D eigenvalue weighted by molar-refractivity contribution is 4.74.